The first-order valence-electron chi connectivity index (χ1n) is 6.11. The van der Waals surface area contributed by atoms with Crippen molar-refractivity contribution in [2.75, 3.05) is 11.8 Å². The Balaban J connectivity index is 2.39. The topological polar surface area (TPSA) is 81.4 Å². The number of benzene rings is 2. The van der Waals surface area contributed by atoms with E-state index in [1.807, 2.05) is 0 Å². The number of halogens is 1. The van der Waals surface area contributed by atoms with E-state index in [0.717, 1.165) is 5.56 Å². The zero-order valence-electron chi connectivity index (χ0n) is 11.3. The molecule has 5 nitrogen and oxygen atoms in total. The minimum absolute atomic E-state index is 0.132. The fourth-order valence-corrected chi connectivity index (χ4v) is 3.11. The molecule has 21 heavy (non-hydrogen) atoms. The molecule has 0 radical (unpaired) electrons. The predicted octanol–water partition coefficient (Wildman–Crippen LogP) is 2.61. The summed E-state index contributed by atoms with van der Waals surface area (Å²) in [4.78, 5) is 0.132. The predicted molar refractivity (Wildman–Crippen MR) is 83.1 cm³/mol. The van der Waals surface area contributed by atoms with Gasteiger partial charge >= 0.3 is 0 Å². The number of nitrogens with one attached hydrogen (secondary N) is 1. The first kappa shape index (κ1) is 15.6. The van der Waals surface area contributed by atoms with Crippen LogP contribution in [0.4, 0.5) is 5.69 Å². The number of anilines is 1. The van der Waals surface area contributed by atoms with Crippen LogP contribution in [-0.4, -0.2) is 15.5 Å². The fraction of sp³-hybridized carbons (Fsp3) is 0.143. The summed E-state index contributed by atoms with van der Waals surface area (Å²) in [5.74, 6) is 0.387. The van der Waals surface area contributed by atoms with Crippen LogP contribution in [-0.2, 0) is 16.6 Å². The van der Waals surface area contributed by atoms with Gasteiger partial charge in [0.05, 0.1) is 17.7 Å². The second-order valence-electron chi connectivity index (χ2n) is 4.30. The third-order valence-corrected chi connectivity index (χ3v) is 4.45. The molecule has 0 bridgehead atoms. The molecule has 2 rings (SSSR count). The van der Waals surface area contributed by atoms with E-state index in [4.69, 9.17) is 22.1 Å². The number of nitrogens with two attached hydrogens (primary N) is 1. The summed E-state index contributed by atoms with van der Waals surface area (Å²) in [6.07, 6.45) is 0. The molecule has 0 aliphatic rings. The Bertz CT molecular complexity index is 748. The molecule has 0 aliphatic carbocycles. The number of rotatable bonds is 5. The number of hydrogen-bond donors (Lipinski definition) is 2. The maximum Gasteiger partial charge on any atom is 0.262 e. The third-order valence-electron chi connectivity index (χ3n) is 2.85. The highest BCUT2D eigenvalue weighted by molar-refractivity contribution is 7.92. The molecule has 2 aromatic rings. The molecular formula is C14H15ClN2O3S. The van der Waals surface area contributed by atoms with Crippen molar-refractivity contribution < 1.29 is 13.2 Å². The van der Waals surface area contributed by atoms with E-state index < -0.39 is 10.0 Å². The van der Waals surface area contributed by atoms with Crippen LogP contribution in [0.5, 0.6) is 5.75 Å². The lowest BCUT2D eigenvalue weighted by Gasteiger charge is -2.12. The van der Waals surface area contributed by atoms with E-state index in [-0.39, 0.29) is 17.1 Å². The molecule has 0 heterocycles. The summed E-state index contributed by atoms with van der Waals surface area (Å²) in [6.45, 7) is 0.268. The lowest BCUT2D eigenvalue weighted by atomic mass is 10.2. The van der Waals surface area contributed by atoms with Gasteiger partial charge in [0, 0.05) is 11.6 Å². The van der Waals surface area contributed by atoms with Gasteiger partial charge in [0.1, 0.15) is 5.75 Å². The van der Waals surface area contributed by atoms with Crippen LogP contribution in [0.15, 0.2) is 47.4 Å². The zero-order chi connectivity index (χ0) is 15.5. The van der Waals surface area contributed by atoms with Crippen LogP contribution in [0, 0.1) is 0 Å². The number of ether oxygens (including phenoxy) is 1. The fourth-order valence-electron chi connectivity index (χ4n) is 1.80. The van der Waals surface area contributed by atoms with Crippen molar-refractivity contribution in [3.63, 3.8) is 0 Å². The Kier molecular flexibility index (Phi) is 4.72. The van der Waals surface area contributed by atoms with Crippen molar-refractivity contribution >= 4 is 27.3 Å². The van der Waals surface area contributed by atoms with E-state index >= 15 is 0 Å². The van der Waals surface area contributed by atoms with Crippen LogP contribution in [0.25, 0.3) is 0 Å². The average Bonchev–Trinajstić information content (AvgIpc) is 2.47. The van der Waals surface area contributed by atoms with Crippen LogP contribution in [0.2, 0.25) is 5.02 Å². The minimum atomic E-state index is -3.74. The molecular weight excluding hydrogens is 312 g/mol. The van der Waals surface area contributed by atoms with Crippen LogP contribution >= 0.6 is 11.6 Å². The van der Waals surface area contributed by atoms with E-state index in [1.165, 1.54) is 25.3 Å². The molecule has 0 fully saturated rings. The largest absolute Gasteiger partial charge is 0.495 e. The highest BCUT2D eigenvalue weighted by Crippen LogP contribution is 2.29. The summed E-state index contributed by atoms with van der Waals surface area (Å²) >= 11 is 5.89. The smallest absolute Gasteiger partial charge is 0.262 e. The molecule has 0 unspecified atom stereocenters. The van der Waals surface area contributed by atoms with Crippen molar-refractivity contribution in [2.24, 2.45) is 5.73 Å². The zero-order valence-corrected chi connectivity index (χ0v) is 12.9. The lowest BCUT2D eigenvalue weighted by molar-refractivity contribution is 0.417. The average molecular weight is 327 g/mol. The monoisotopic (exact) mass is 326 g/mol. The van der Waals surface area contributed by atoms with Crippen LogP contribution < -0.4 is 15.2 Å². The van der Waals surface area contributed by atoms with Gasteiger partial charge in [-0.15, -0.1) is 0 Å². The maximum absolute atomic E-state index is 12.4. The normalized spacial score (nSPS) is 11.2. The Morgan fingerprint density at radius 2 is 2.00 bits per heavy atom. The Morgan fingerprint density at radius 1 is 1.24 bits per heavy atom. The van der Waals surface area contributed by atoms with Crippen molar-refractivity contribution in [1.29, 1.82) is 0 Å². The van der Waals surface area contributed by atoms with E-state index in [9.17, 15) is 8.42 Å². The van der Waals surface area contributed by atoms with Gasteiger partial charge in [-0.25, -0.2) is 8.42 Å². The molecule has 0 spiro atoms. The van der Waals surface area contributed by atoms with Gasteiger partial charge in [0.25, 0.3) is 10.0 Å². The standard InChI is InChI=1S/C14H15ClN2O3S/c1-20-14-6-5-11(15)8-13(14)17-21(18,19)12-4-2-3-10(7-12)9-16/h2-8,17H,9,16H2,1H3. The summed E-state index contributed by atoms with van der Waals surface area (Å²) in [6, 6.07) is 11.1. The van der Waals surface area contributed by atoms with Gasteiger partial charge in [-0.1, -0.05) is 23.7 Å². The Morgan fingerprint density at radius 3 is 2.67 bits per heavy atom. The molecule has 0 saturated carbocycles. The number of sulfonamides is 1. The summed E-state index contributed by atoms with van der Waals surface area (Å²) in [5, 5.41) is 0.407. The second-order valence-corrected chi connectivity index (χ2v) is 6.42. The van der Waals surface area contributed by atoms with Crippen molar-refractivity contribution in [3.05, 3.63) is 53.1 Å². The van der Waals surface area contributed by atoms with Gasteiger partial charge in [-0.05, 0) is 35.9 Å². The summed E-state index contributed by atoms with van der Waals surface area (Å²) in [7, 11) is -2.29. The molecule has 0 aliphatic heterocycles. The van der Waals surface area contributed by atoms with Gasteiger partial charge in [0.2, 0.25) is 0 Å². The van der Waals surface area contributed by atoms with Crippen LogP contribution in [0.3, 0.4) is 0 Å². The van der Waals surface area contributed by atoms with Gasteiger partial charge < -0.3 is 10.5 Å². The molecule has 0 saturated heterocycles. The third kappa shape index (κ3) is 3.66. The molecule has 112 valence electrons. The Hall–Kier alpha value is -1.76. The quantitative estimate of drug-likeness (QED) is 0.885. The molecule has 0 aromatic heterocycles. The van der Waals surface area contributed by atoms with E-state index in [1.54, 1.807) is 24.3 Å². The Labute approximate surface area is 128 Å². The SMILES string of the molecule is COc1ccc(Cl)cc1NS(=O)(=O)c1cccc(CN)c1. The maximum atomic E-state index is 12.4. The van der Waals surface area contributed by atoms with Crippen molar-refractivity contribution in [2.45, 2.75) is 11.4 Å². The van der Waals surface area contributed by atoms with Gasteiger partial charge in [-0.3, -0.25) is 4.72 Å². The van der Waals surface area contributed by atoms with E-state index in [2.05, 4.69) is 4.72 Å². The second kappa shape index (κ2) is 6.34. The van der Waals surface area contributed by atoms with Gasteiger partial charge in [-0.2, -0.15) is 0 Å². The molecule has 7 heteroatoms. The van der Waals surface area contributed by atoms with Crippen molar-refractivity contribution in [1.82, 2.24) is 0 Å². The first-order chi connectivity index (χ1) is 9.96. The minimum Gasteiger partial charge on any atom is -0.495 e. The summed E-state index contributed by atoms with van der Waals surface area (Å²) < 4.78 is 32.4. The molecule has 0 atom stereocenters. The van der Waals surface area contributed by atoms with Gasteiger partial charge in [0.15, 0.2) is 0 Å². The first-order valence-corrected chi connectivity index (χ1v) is 7.98. The highest BCUT2D eigenvalue weighted by atomic mass is 35.5. The van der Waals surface area contributed by atoms with Crippen molar-refractivity contribution in [3.8, 4) is 5.75 Å². The lowest BCUT2D eigenvalue weighted by Crippen LogP contribution is -2.14. The van der Waals surface area contributed by atoms with E-state index in [0.29, 0.717) is 10.8 Å². The molecule has 3 N–H and O–H groups in total. The molecule has 0 amide bonds. The van der Waals surface area contributed by atoms with Crippen LogP contribution in [0.1, 0.15) is 5.56 Å². The molecule has 2 aromatic carbocycles. The highest BCUT2D eigenvalue weighted by Gasteiger charge is 2.17. The number of hydrogen-bond acceptors (Lipinski definition) is 4. The number of methoxy groups -OCH3 is 1. The summed E-state index contributed by atoms with van der Waals surface area (Å²) in [5.41, 5.74) is 6.54.